The minimum absolute atomic E-state index is 0.00291. The van der Waals surface area contributed by atoms with Gasteiger partial charge in [-0.3, -0.25) is 0 Å². The van der Waals surface area contributed by atoms with E-state index < -0.39 is 0 Å². The minimum atomic E-state index is -0.315. The quantitative estimate of drug-likeness (QED) is 0.546. The maximum Gasteiger partial charge on any atom is 0.271 e. The Labute approximate surface area is 123 Å². The number of hydrogen-bond donors (Lipinski definition) is 0. The van der Waals surface area contributed by atoms with Crippen molar-refractivity contribution in [2.24, 2.45) is 0 Å². The molecular formula is C12HCl3N4. The largest absolute Gasteiger partial charge is 0.271 e. The van der Waals surface area contributed by atoms with Crippen molar-refractivity contribution in [2.75, 3.05) is 0 Å². The van der Waals surface area contributed by atoms with Crippen LogP contribution in [0.4, 0.5) is 0 Å². The van der Waals surface area contributed by atoms with E-state index in [1.807, 2.05) is 0 Å². The molecule has 0 aliphatic heterocycles. The van der Waals surface area contributed by atoms with E-state index in [1.54, 1.807) is 12.1 Å². The lowest BCUT2D eigenvalue weighted by atomic mass is 10.2. The molecule has 0 aliphatic rings. The Kier molecular flexibility index (Phi) is 4.77. The fourth-order valence-electron chi connectivity index (χ4n) is 1.27. The summed E-state index contributed by atoms with van der Waals surface area (Å²) in [6.07, 6.45) is 0. The molecule has 0 saturated heterocycles. The Hall–Kier alpha value is -2.21. The van der Waals surface area contributed by atoms with Crippen LogP contribution in [0.5, 0.6) is 0 Å². The van der Waals surface area contributed by atoms with Crippen molar-refractivity contribution in [3.05, 3.63) is 54.4 Å². The molecule has 19 heavy (non-hydrogen) atoms. The predicted octanol–water partition coefficient (Wildman–Crippen LogP) is 2.75. The smallest absolute Gasteiger partial charge is 0.226 e. The lowest BCUT2D eigenvalue weighted by Crippen LogP contribution is -2.17. The molecule has 90 valence electrons. The van der Waals surface area contributed by atoms with Crippen LogP contribution in [-0.2, 0) is 0 Å². The summed E-state index contributed by atoms with van der Waals surface area (Å²) in [5, 5.41) is 17.5. The van der Waals surface area contributed by atoms with Crippen LogP contribution < -0.4 is 10.4 Å². The van der Waals surface area contributed by atoms with E-state index in [1.165, 1.54) is 6.07 Å². The van der Waals surface area contributed by atoms with Gasteiger partial charge in [-0.1, -0.05) is 34.8 Å². The second-order valence-electron chi connectivity index (χ2n) is 3.05. The topological polar surface area (TPSA) is 56.3 Å². The van der Waals surface area contributed by atoms with E-state index in [9.17, 15) is 0 Å². The van der Waals surface area contributed by atoms with Crippen molar-refractivity contribution >= 4 is 46.2 Å². The summed E-state index contributed by atoms with van der Waals surface area (Å²) in [6.45, 7) is 13.7. The first-order valence-corrected chi connectivity index (χ1v) is 5.62. The highest BCUT2D eigenvalue weighted by molar-refractivity contribution is 6.43. The third-order valence-electron chi connectivity index (χ3n) is 2.09. The zero-order valence-electron chi connectivity index (χ0n) is 9.00. The Balaban J connectivity index is 4.16. The van der Waals surface area contributed by atoms with Gasteiger partial charge in [-0.25, -0.2) is 20.2 Å². The van der Waals surface area contributed by atoms with Gasteiger partial charge in [-0.15, -0.1) is 0 Å². The van der Waals surface area contributed by atoms with Crippen LogP contribution in [0.15, 0.2) is 6.07 Å². The molecule has 7 heteroatoms. The Bertz CT molecular complexity index is 810. The van der Waals surface area contributed by atoms with Crippen LogP contribution in [0.2, 0.25) is 15.1 Å². The average molecular weight is 308 g/mol. The highest BCUT2D eigenvalue weighted by Gasteiger charge is 2.12. The summed E-state index contributed by atoms with van der Waals surface area (Å²) in [4.78, 5) is 6.01. The van der Waals surface area contributed by atoms with Crippen molar-refractivity contribution in [2.45, 2.75) is 0 Å². The lowest BCUT2D eigenvalue weighted by Gasteiger charge is -2.02. The Morgan fingerprint density at radius 3 is 1.95 bits per heavy atom. The molecular weight excluding hydrogens is 307 g/mol. The Morgan fingerprint density at radius 2 is 1.53 bits per heavy atom. The SMILES string of the molecule is [C-]#[N+]/C(C#N)=c1\cc(Cl)/c(=C(/C#N)[N+]#[C-])c(Cl)c1Cl. The first-order chi connectivity index (χ1) is 9.01. The highest BCUT2D eigenvalue weighted by Crippen LogP contribution is 2.19. The second-order valence-corrected chi connectivity index (χ2v) is 4.22. The minimum Gasteiger partial charge on any atom is -0.226 e. The molecule has 0 unspecified atom stereocenters. The van der Waals surface area contributed by atoms with Crippen molar-refractivity contribution in [1.29, 1.82) is 10.5 Å². The van der Waals surface area contributed by atoms with Crippen LogP contribution in [0.3, 0.4) is 0 Å². The van der Waals surface area contributed by atoms with Gasteiger partial charge in [0.25, 0.3) is 11.4 Å². The number of rotatable bonds is 0. The normalized spacial score (nSPS) is 12.4. The van der Waals surface area contributed by atoms with Gasteiger partial charge in [0.2, 0.25) is 0 Å². The van der Waals surface area contributed by atoms with Gasteiger partial charge in [0, 0.05) is 15.5 Å². The van der Waals surface area contributed by atoms with E-state index in [0.29, 0.717) is 0 Å². The number of benzene rings is 1. The standard InChI is InChI=1S/C12HCl3N4/c1-18-8(4-16)6-3-7(13)10(9(5-17)19-2)12(15)11(6)14/h3H/b8-6+,10-9+. The lowest BCUT2D eigenvalue weighted by molar-refractivity contribution is 1.48. The highest BCUT2D eigenvalue weighted by atomic mass is 35.5. The maximum absolute atomic E-state index is 8.82. The Morgan fingerprint density at radius 1 is 1.00 bits per heavy atom. The first kappa shape index (κ1) is 14.8. The fraction of sp³-hybridized carbons (Fsp3) is 0. The molecule has 0 aliphatic carbocycles. The summed E-state index contributed by atoms with van der Waals surface area (Å²) < 4.78 is 0. The van der Waals surface area contributed by atoms with E-state index in [4.69, 9.17) is 58.5 Å². The van der Waals surface area contributed by atoms with Gasteiger partial charge in [0.1, 0.15) is 0 Å². The second kappa shape index (κ2) is 6.10. The molecule has 0 heterocycles. The summed E-state index contributed by atoms with van der Waals surface area (Å²) in [5.74, 6) is 0. The van der Waals surface area contributed by atoms with Gasteiger partial charge in [-0.05, 0) is 6.07 Å². The number of nitriles is 2. The third-order valence-corrected chi connectivity index (χ3v) is 3.25. The van der Waals surface area contributed by atoms with Crippen LogP contribution in [0, 0.1) is 35.8 Å². The van der Waals surface area contributed by atoms with Crippen LogP contribution in [-0.4, -0.2) is 0 Å². The zero-order valence-corrected chi connectivity index (χ0v) is 11.3. The monoisotopic (exact) mass is 306 g/mol. The molecule has 4 nitrogen and oxygen atoms in total. The molecule has 0 bridgehead atoms. The van der Waals surface area contributed by atoms with Crippen LogP contribution in [0.25, 0.3) is 21.1 Å². The van der Waals surface area contributed by atoms with E-state index in [0.717, 1.165) is 0 Å². The summed E-state index contributed by atoms with van der Waals surface area (Å²) in [7, 11) is 0. The van der Waals surface area contributed by atoms with E-state index in [-0.39, 0.29) is 36.9 Å². The summed E-state index contributed by atoms with van der Waals surface area (Å²) in [5.41, 5.74) is -0.591. The van der Waals surface area contributed by atoms with Crippen molar-refractivity contribution in [3.63, 3.8) is 0 Å². The van der Waals surface area contributed by atoms with Gasteiger partial charge in [0.15, 0.2) is 0 Å². The molecule has 1 aromatic rings. The molecule has 1 aromatic carbocycles. The van der Waals surface area contributed by atoms with E-state index >= 15 is 0 Å². The zero-order chi connectivity index (χ0) is 14.6. The average Bonchev–Trinajstić information content (AvgIpc) is 2.41. The van der Waals surface area contributed by atoms with Gasteiger partial charge >= 0.3 is 0 Å². The molecule has 0 radical (unpaired) electrons. The third kappa shape index (κ3) is 2.63. The molecule has 0 N–H and O–H groups in total. The molecule has 0 saturated carbocycles. The van der Waals surface area contributed by atoms with Crippen molar-refractivity contribution < 1.29 is 0 Å². The van der Waals surface area contributed by atoms with Crippen molar-refractivity contribution in [3.8, 4) is 12.1 Å². The van der Waals surface area contributed by atoms with Gasteiger partial charge in [0.05, 0.1) is 35.3 Å². The van der Waals surface area contributed by atoms with Crippen LogP contribution >= 0.6 is 34.8 Å². The number of nitrogens with zero attached hydrogens (tertiary/aromatic N) is 4. The first-order valence-electron chi connectivity index (χ1n) is 4.49. The molecule has 0 spiro atoms. The van der Waals surface area contributed by atoms with Crippen LogP contribution in [0.1, 0.15) is 0 Å². The maximum atomic E-state index is 8.82. The van der Waals surface area contributed by atoms with Crippen molar-refractivity contribution in [1.82, 2.24) is 0 Å². The molecule has 0 fully saturated rings. The van der Waals surface area contributed by atoms with Gasteiger partial charge < -0.3 is 0 Å². The fourth-order valence-corrected chi connectivity index (χ4v) is 2.14. The number of halogens is 3. The molecule has 0 amide bonds. The summed E-state index contributed by atoms with van der Waals surface area (Å²) in [6, 6.07) is 4.56. The predicted molar refractivity (Wildman–Crippen MR) is 72.0 cm³/mol. The van der Waals surface area contributed by atoms with E-state index in [2.05, 4.69) is 9.69 Å². The molecule has 1 rings (SSSR count). The van der Waals surface area contributed by atoms with Gasteiger partial charge in [-0.2, -0.15) is 0 Å². The summed E-state index contributed by atoms with van der Waals surface area (Å²) >= 11 is 17.8. The number of hydrogen-bond acceptors (Lipinski definition) is 2. The molecule has 0 atom stereocenters. The molecule has 0 aromatic heterocycles.